The summed E-state index contributed by atoms with van der Waals surface area (Å²) < 4.78 is 33.7. The van der Waals surface area contributed by atoms with Gasteiger partial charge < -0.3 is 89.9 Å². The highest BCUT2D eigenvalue weighted by Gasteiger charge is 2.53. The minimum absolute atomic E-state index is 0.220. The van der Waals surface area contributed by atoms with Crippen molar-refractivity contribution < 1.29 is 89.4 Å². The molecule has 19 heteroatoms. The van der Waals surface area contributed by atoms with Crippen molar-refractivity contribution in [1.82, 2.24) is 5.32 Å². The molecule has 0 spiro atoms. The first-order valence-electron chi connectivity index (χ1n) is 20.6. The predicted molar refractivity (Wildman–Crippen MR) is 203 cm³/mol. The van der Waals surface area contributed by atoms with Gasteiger partial charge in [0, 0.05) is 6.42 Å². The highest BCUT2D eigenvalue weighted by Crippen LogP contribution is 2.32. The van der Waals surface area contributed by atoms with E-state index in [1.54, 1.807) is 12.2 Å². The molecule has 12 N–H and O–H groups in total. The first kappa shape index (κ1) is 50.6. The van der Waals surface area contributed by atoms with E-state index in [0.717, 1.165) is 32.1 Å². The van der Waals surface area contributed by atoms with Gasteiger partial charge in [-0.15, -0.1) is 0 Å². The van der Waals surface area contributed by atoms with Crippen LogP contribution in [0, 0.1) is 0 Å². The van der Waals surface area contributed by atoms with E-state index in [1.165, 1.54) is 19.3 Å². The Labute approximate surface area is 339 Å². The highest BCUT2D eigenvalue weighted by atomic mass is 16.8. The molecule has 0 saturated carbocycles. The normalized spacial score (nSPS) is 37.0. The molecule has 3 heterocycles. The van der Waals surface area contributed by atoms with Crippen LogP contribution in [-0.4, -0.2) is 193 Å². The van der Waals surface area contributed by atoms with E-state index in [1.807, 2.05) is 6.92 Å². The summed E-state index contributed by atoms with van der Waals surface area (Å²) >= 11 is 0. The predicted octanol–water partition coefficient (Wildman–Crippen LogP) is -2.26. The van der Waals surface area contributed by atoms with Gasteiger partial charge in [0.1, 0.15) is 73.2 Å². The van der Waals surface area contributed by atoms with Crippen LogP contribution >= 0.6 is 0 Å². The lowest BCUT2D eigenvalue weighted by molar-refractivity contribution is -0.379. The standard InChI is InChI=1S/C39H69NO18/c1-3-5-7-8-9-10-11-12-13-15-16-23(44)22(40-27(45)17-14-6-4-2)21-53-37-33(51)30(48)35(25(19-42)55-37)58-39-34(52)31(49)36(26(20-43)56-39)57-38-32(50)29(47)28(46)24(18-41)54-38/h10-11,15-16,22-26,28-39,41-44,46-52H,3-9,12-14,17-21H2,1-2H3,(H,40,45)/b11-10+,16-15+. The number of unbranched alkanes of at least 4 members (excludes halogenated alkanes) is 7. The van der Waals surface area contributed by atoms with Gasteiger partial charge in [0.2, 0.25) is 5.91 Å². The third-order valence-corrected chi connectivity index (χ3v) is 10.5. The maximum atomic E-state index is 12.8. The van der Waals surface area contributed by atoms with Gasteiger partial charge in [-0.05, 0) is 32.1 Å². The van der Waals surface area contributed by atoms with Gasteiger partial charge in [-0.3, -0.25) is 4.79 Å². The number of nitrogens with one attached hydrogen (secondary N) is 1. The molecule has 0 aromatic heterocycles. The summed E-state index contributed by atoms with van der Waals surface area (Å²) in [5, 5.41) is 118. The Hall–Kier alpha value is -1.73. The van der Waals surface area contributed by atoms with Gasteiger partial charge in [0.05, 0.1) is 38.6 Å². The lowest BCUT2D eigenvalue weighted by Crippen LogP contribution is -2.66. The molecule has 1 amide bonds. The largest absolute Gasteiger partial charge is 0.394 e. The van der Waals surface area contributed by atoms with Gasteiger partial charge in [-0.1, -0.05) is 70.3 Å². The summed E-state index contributed by atoms with van der Waals surface area (Å²) in [5.41, 5.74) is 0. The van der Waals surface area contributed by atoms with Crippen molar-refractivity contribution in [3.05, 3.63) is 24.3 Å². The van der Waals surface area contributed by atoms with Crippen LogP contribution in [0.15, 0.2) is 24.3 Å². The minimum Gasteiger partial charge on any atom is -0.394 e. The Morgan fingerprint density at radius 3 is 1.69 bits per heavy atom. The molecule has 17 unspecified atom stereocenters. The van der Waals surface area contributed by atoms with Crippen molar-refractivity contribution in [2.24, 2.45) is 0 Å². The summed E-state index contributed by atoms with van der Waals surface area (Å²) in [5.74, 6) is -0.317. The second-order valence-electron chi connectivity index (χ2n) is 15.1. The molecule has 3 fully saturated rings. The van der Waals surface area contributed by atoms with Crippen molar-refractivity contribution in [1.29, 1.82) is 0 Å². The number of ether oxygens (including phenoxy) is 6. The van der Waals surface area contributed by atoms with Crippen LogP contribution in [-0.2, 0) is 33.2 Å². The Morgan fingerprint density at radius 1 is 0.603 bits per heavy atom. The lowest BCUT2D eigenvalue weighted by atomic mass is 9.96. The molecule has 338 valence electrons. The smallest absolute Gasteiger partial charge is 0.220 e. The molecule has 3 saturated heterocycles. The fourth-order valence-electron chi connectivity index (χ4n) is 6.91. The number of allylic oxidation sites excluding steroid dienone is 3. The topological polar surface area (TPSA) is 307 Å². The molecule has 58 heavy (non-hydrogen) atoms. The van der Waals surface area contributed by atoms with Gasteiger partial charge in [-0.2, -0.15) is 0 Å². The zero-order valence-corrected chi connectivity index (χ0v) is 33.5. The van der Waals surface area contributed by atoms with E-state index >= 15 is 0 Å². The maximum Gasteiger partial charge on any atom is 0.220 e. The molecule has 0 radical (unpaired) electrons. The van der Waals surface area contributed by atoms with E-state index < -0.39 is 124 Å². The number of amides is 1. The maximum absolute atomic E-state index is 12.8. The van der Waals surface area contributed by atoms with Crippen molar-refractivity contribution in [3.63, 3.8) is 0 Å². The monoisotopic (exact) mass is 839 g/mol. The van der Waals surface area contributed by atoms with Crippen LogP contribution in [0.5, 0.6) is 0 Å². The highest BCUT2D eigenvalue weighted by molar-refractivity contribution is 5.76. The quantitative estimate of drug-likeness (QED) is 0.0341. The van der Waals surface area contributed by atoms with Crippen LogP contribution < -0.4 is 5.32 Å². The van der Waals surface area contributed by atoms with Gasteiger partial charge in [0.25, 0.3) is 0 Å². The number of aliphatic hydroxyl groups excluding tert-OH is 11. The number of carbonyl (C=O) groups is 1. The van der Waals surface area contributed by atoms with E-state index in [2.05, 4.69) is 24.4 Å². The molecule has 0 aromatic rings. The fourth-order valence-corrected chi connectivity index (χ4v) is 6.91. The molecule has 0 aromatic carbocycles. The van der Waals surface area contributed by atoms with Crippen molar-refractivity contribution >= 4 is 5.91 Å². The van der Waals surface area contributed by atoms with Crippen LogP contribution in [0.3, 0.4) is 0 Å². The van der Waals surface area contributed by atoms with Crippen molar-refractivity contribution in [2.45, 2.75) is 189 Å². The zero-order chi connectivity index (χ0) is 42.8. The van der Waals surface area contributed by atoms with E-state index in [4.69, 9.17) is 28.4 Å². The van der Waals surface area contributed by atoms with E-state index in [0.29, 0.717) is 12.8 Å². The molecule has 3 aliphatic heterocycles. The molecule has 3 aliphatic rings. The Kier molecular flexibility index (Phi) is 23.2. The first-order valence-corrected chi connectivity index (χ1v) is 20.6. The van der Waals surface area contributed by atoms with E-state index in [-0.39, 0.29) is 18.9 Å². The third-order valence-electron chi connectivity index (χ3n) is 10.5. The lowest BCUT2D eigenvalue weighted by Gasteiger charge is -2.48. The summed E-state index contributed by atoms with van der Waals surface area (Å²) in [7, 11) is 0. The molecule has 17 atom stereocenters. The van der Waals surface area contributed by atoms with Crippen molar-refractivity contribution in [3.8, 4) is 0 Å². The minimum atomic E-state index is -1.97. The Bertz CT molecular complexity index is 1190. The second kappa shape index (κ2) is 26.6. The van der Waals surface area contributed by atoms with Crippen LogP contribution in [0.25, 0.3) is 0 Å². The molecular formula is C39H69NO18. The van der Waals surface area contributed by atoms with E-state index in [9.17, 15) is 61.0 Å². The molecule has 0 aliphatic carbocycles. The Balaban J connectivity index is 1.62. The van der Waals surface area contributed by atoms with Crippen molar-refractivity contribution in [2.75, 3.05) is 26.4 Å². The summed E-state index contributed by atoms with van der Waals surface area (Å²) in [4.78, 5) is 12.8. The van der Waals surface area contributed by atoms with Gasteiger partial charge in [0.15, 0.2) is 18.9 Å². The molecule has 19 nitrogen and oxygen atoms in total. The van der Waals surface area contributed by atoms with Crippen LogP contribution in [0.1, 0.15) is 84.5 Å². The average molecular weight is 840 g/mol. The fraction of sp³-hybridized carbons (Fsp3) is 0.872. The Morgan fingerprint density at radius 2 is 1.10 bits per heavy atom. The first-order chi connectivity index (χ1) is 27.8. The molecule has 3 rings (SSSR count). The zero-order valence-electron chi connectivity index (χ0n) is 33.5. The summed E-state index contributed by atoms with van der Waals surface area (Å²) in [6.07, 6.45) is -9.44. The number of aliphatic hydroxyl groups is 11. The number of carbonyl (C=O) groups excluding carboxylic acids is 1. The van der Waals surface area contributed by atoms with Crippen LogP contribution in [0.4, 0.5) is 0 Å². The van der Waals surface area contributed by atoms with Gasteiger partial charge in [-0.25, -0.2) is 0 Å². The van der Waals surface area contributed by atoms with Gasteiger partial charge >= 0.3 is 0 Å². The number of hydrogen-bond acceptors (Lipinski definition) is 18. The average Bonchev–Trinajstić information content (AvgIpc) is 3.21. The molecular weight excluding hydrogens is 770 g/mol. The third kappa shape index (κ3) is 14.7. The SMILES string of the molecule is CCCCCC/C=C/CC/C=C/C(O)C(COC1OC(CO)C(OC2OC(CO)C(OC3OC(CO)C(O)C(O)C3O)C(O)C2O)C(O)C1O)NC(=O)CCCCC. The second-order valence-corrected chi connectivity index (χ2v) is 15.1. The molecule has 0 bridgehead atoms. The summed E-state index contributed by atoms with van der Waals surface area (Å²) in [6.45, 7) is 1.38. The number of rotatable bonds is 25. The summed E-state index contributed by atoms with van der Waals surface area (Å²) in [6, 6.07) is -0.977. The van der Waals surface area contributed by atoms with Crippen LogP contribution in [0.2, 0.25) is 0 Å². The number of hydrogen-bond donors (Lipinski definition) is 12.